The second-order valence-corrected chi connectivity index (χ2v) is 3.54. The van der Waals surface area contributed by atoms with Crippen LogP contribution in [0.5, 0.6) is 0 Å². The zero-order valence-electron chi connectivity index (χ0n) is 8.73. The van der Waals surface area contributed by atoms with Crippen LogP contribution in [0.25, 0.3) is 0 Å². The molecule has 0 atom stereocenters. The molecule has 0 radical (unpaired) electrons. The lowest BCUT2D eigenvalue weighted by Gasteiger charge is -2.06. The highest BCUT2D eigenvalue weighted by atomic mass is 16.5. The van der Waals surface area contributed by atoms with E-state index in [1.807, 2.05) is 0 Å². The minimum absolute atomic E-state index is 0.758. The molecule has 2 nitrogen and oxygen atoms in total. The Hall–Kier alpha value is -0.0800. The fraction of sp³-hybridized carbons (Fsp3) is 1.00. The Bertz CT molecular complexity index is 83.9. The van der Waals surface area contributed by atoms with Crippen molar-refractivity contribution in [3.8, 4) is 0 Å². The van der Waals surface area contributed by atoms with Crippen LogP contribution < -0.4 is 5.32 Å². The Balaban J connectivity index is 2.82. The molecule has 0 saturated carbocycles. The minimum Gasteiger partial charge on any atom is -0.380 e. The standard InChI is InChI=1S/C10H23NO/c1-4-6-11-7-9-12-8-5-10(2)3/h10-11H,4-9H2,1-3H3. The zero-order chi connectivity index (χ0) is 9.23. The predicted molar refractivity (Wildman–Crippen MR) is 53.4 cm³/mol. The highest BCUT2D eigenvalue weighted by Crippen LogP contribution is 1.97. The molecule has 0 aromatic carbocycles. The predicted octanol–water partition coefficient (Wildman–Crippen LogP) is 2.05. The maximum Gasteiger partial charge on any atom is 0.0590 e. The summed E-state index contributed by atoms with van der Waals surface area (Å²) in [7, 11) is 0. The van der Waals surface area contributed by atoms with Crippen molar-refractivity contribution in [1.29, 1.82) is 0 Å². The van der Waals surface area contributed by atoms with Crippen LogP contribution in [0.1, 0.15) is 33.6 Å². The van der Waals surface area contributed by atoms with E-state index in [9.17, 15) is 0 Å². The molecule has 0 spiro atoms. The highest BCUT2D eigenvalue weighted by Gasteiger charge is 1.93. The van der Waals surface area contributed by atoms with E-state index in [4.69, 9.17) is 4.74 Å². The lowest BCUT2D eigenvalue weighted by molar-refractivity contribution is 0.125. The molecule has 0 aromatic rings. The molecule has 0 saturated heterocycles. The summed E-state index contributed by atoms with van der Waals surface area (Å²) in [6.07, 6.45) is 2.37. The van der Waals surface area contributed by atoms with Crippen LogP contribution >= 0.6 is 0 Å². The van der Waals surface area contributed by atoms with Crippen molar-refractivity contribution in [1.82, 2.24) is 5.32 Å². The third kappa shape index (κ3) is 9.92. The quantitative estimate of drug-likeness (QED) is 0.567. The first kappa shape index (κ1) is 11.9. The van der Waals surface area contributed by atoms with Gasteiger partial charge in [-0.15, -0.1) is 0 Å². The zero-order valence-corrected chi connectivity index (χ0v) is 8.73. The maximum absolute atomic E-state index is 5.43. The first-order chi connectivity index (χ1) is 5.77. The Kier molecular flexibility index (Phi) is 8.95. The van der Waals surface area contributed by atoms with Gasteiger partial charge in [0.25, 0.3) is 0 Å². The van der Waals surface area contributed by atoms with Gasteiger partial charge in [-0.05, 0) is 25.3 Å². The molecule has 0 aliphatic carbocycles. The van der Waals surface area contributed by atoms with E-state index in [1.165, 1.54) is 12.8 Å². The van der Waals surface area contributed by atoms with E-state index in [0.717, 1.165) is 32.2 Å². The summed E-state index contributed by atoms with van der Waals surface area (Å²) in [5, 5.41) is 3.30. The number of nitrogens with one attached hydrogen (secondary N) is 1. The third-order valence-electron chi connectivity index (χ3n) is 1.69. The van der Waals surface area contributed by atoms with Gasteiger partial charge >= 0.3 is 0 Å². The summed E-state index contributed by atoms with van der Waals surface area (Å²) in [6.45, 7) is 10.5. The van der Waals surface area contributed by atoms with Crippen LogP contribution in [0.3, 0.4) is 0 Å². The summed E-state index contributed by atoms with van der Waals surface area (Å²) in [6, 6.07) is 0. The van der Waals surface area contributed by atoms with Crippen LogP contribution in [-0.2, 0) is 4.74 Å². The van der Waals surface area contributed by atoms with Gasteiger partial charge in [0.1, 0.15) is 0 Å². The average Bonchev–Trinajstić information content (AvgIpc) is 2.02. The van der Waals surface area contributed by atoms with Gasteiger partial charge in [0.05, 0.1) is 6.61 Å². The molecule has 0 aromatic heterocycles. The maximum atomic E-state index is 5.43. The van der Waals surface area contributed by atoms with Crippen LogP contribution in [0.4, 0.5) is 0 Å². The summed E-state index contributed by atoms with van der Waals surface area (Å²) < 4.78 is 5.43. The first-order valence-corrected chi connectivity index (χ1v) is 5.05. The Labute approximate surface area is 76.7 Å². The fourth-order valence-corrected chi connectivity index (χ4v) is 0.867. The minimum atomic E-state index is 0.758. The molecule has 1 N–H and O–H groups in total. The summed E-state index contributed by atoms with van der Waals surface area (Å²) in [5.41, 5.74) is 0. The third-order valence-corrected chi connectivity index (χ3v) is 1.69. The van der Waals surface area contributed by atoms with Gasteiger partial charge in [-0.25, -0.2) is 0 Å². The van der Waals surface area contributed by atoms with Gasteiger partial charge in [-0.2, -0.15) is 0 Å². The van der Waals surface area contributed by atoms with Crippen molar-refractivity contribution in [2.45, 2.75) is 33.6 Å². The largest absolute Gasteiger partial charge is 0.380 e. The molecular weight excluding hydrogens is 150 g/mol. The number of ether oxygens (including phenoxy) is 1. The van der Waals surface area contributed by atoms with Gasteiger partial charge in [-0.1, -0.05) is 20.8 Å². The van der Waals surface area contributed by atoms with E-state index in [-0.39, 0.29) is 0 Å². The summed E-state index contributed by atoms with van der Waals surface area (Å²) >= 11 is 0. The smallest absolute Gasteiger partial charge is 0.0590 e. The topological polar surface area (TPSA) is 21.3 Å². The van der Waals surface area contributed by atoms with Crippen molar-refractivity contribution in [3.63, 3.8) is 0 Å². The Morgan fingerprint density at radius 2 is 1.92 bits per heavy atom. The molecule has 2 heteroatoms. The summed E-state index contributed by atoms with van der Waals surface area (Å²) in [5.74, 6) is 0.758. The molecular formula is C10H23NO. The van der Waals surface area contributed by atoms with Crippen LogP contribution in [0.2, 0.25) is 0 Å². The normalized spacial score (nSPS) is 11.0. The van der Waals surface area contributed by atoms with E-state index >= 15 is 0 Å². The Morgan fingerprint density at radius 3 is 2.50 bits per heavy atom. The van der Waals surface area contributed by atoms with Crippen LogP contribution in [0, 0.1) is 5.92 Å². The van der Waals surface area contributed by atoms with Crippen LogP contribution in [0.15, 0.2) is 0 Å². The lowest BCUT2D eigenvalue weighted by atomic mass is 10.1. The number of hydrogen-bond donors (Lipinski definition) is 1. The lowest BCUT2D eigenvalue weighted by Crippen LogP contribution is -2.20. The molecule has 74 valence electrons. The number of hydrogen-bond acceptors (Lipinski definition) is 2. The molecule has 0 fully saturated rings. The Morgan fingerprint density at radius 1 is 1.17 bits per heavy atom. The van der Waals surface area contributed by atoms with E-state index in [0.29, 0.717) is 0 Å². The van der Waals surface area contributed by atoms with Gasteiger partial charge in [-0.3, -0.25) is 0 Å². The molecule has 0 aliphatic heterocycles. The average molecular weight is 173 g/mol. The molecule has 0 rings (SSSR count). The summed E-state index contributed by atoms with van der Waals surface area (Å²) in [4.78, 5) is 0. The molecule has 0 amide bonds. The van der Waals surface area contributed by atoms with E-state index in [2.05, 4.69) is 26.1 Å². The SMILES string of the molecule is CCCNCCOCCC(C)C. The van der Waals surface area contributed by atoms with Crippen molar-refractivity contribution in [2.75, 3.05) is 26.3 Å². The monoisotopic (exact) mass is 173 g/mol. The second kappa shape index (κ2) is 9.01. The van der Waals surface area contributed by atoms with Crippen molar-refractivity contribution < 1.29 is 4.74 Å². The molecule has 0 heterocycles. The van der Waals surface area contributed by atoms with Crippen LogP contribution in [-0.4, -0.2) is 26.3 Å². The van der Waals surface area contributed by atoms with Crippen molar-refractivity contribution >= 4 is 0 Å². The fourth-order valence-electron chi connectivity index (χ4n) is 0.867. The molecule has 0 unspecified atom stereocenters. The molecule has 12 heavy (non-hydrogen) atoms. The molecule has 0 aliphatic rings. The van der Waals surface area contributed by atoms with Gasteiger partial charge < -0.3 is 10.1 Å². The van der Waals surface area contributed by atoms with Crippen molar-refractivity contribution in [3.05, 3.63) is 0 Å². The second-order valence-electron chi connectivity index (χ2n) is 3.54. The van der Waals surface area contributed by atoms with Crippen molar-refractivity contribution in [2.24, 2.45) is 5.92 Å². The number of rotatable bonds is 8. The van der Waals surface area contributed by atoms with Gasteiger partial charge in [0.2, 0.25) is 0 Å². The van der Waals surface area contributed by atoms with E-state index in [1.54, 1.807) is 0 Å². The van der Waals surface area contributed by atoms with Gasteiger partial charge in [0, 0.05) is 13.2 Å². The van der Waals surface area contributed by atoms with Gasteiger partial charge in [0.15, 0.2) is 0 Å². The first-order valence-electron chi connectivity index (χ1n) is 5.05. The highest BCUT2D eigenvalue weighted by molar-refractivity contribution is 4.45. The van der Waals surface area contributed by atoms with E-state index < -0.39 is 0 Å². The molecule has 0 bridgehead atoms.